The average molecular weight is 537 g/mol. The highest BCUT2D eigenvalue weighted by Crippen LogP contribution is 2.25. The lowest BCUT2D eigenvalue weighted by molar-refractivity contribution is 0.780. The third-order valence-corrected chi connectivity index (χ3v) is 9.61. The summed E-state index contributed by atoms with van der Waals surface area (Å²) in [5.74, 6) is 0. The van der Waals surface area contributed by atoms with Gasteiger partial charge in [0.15, 0.2) is 0 Å². The molecule has 0 N–H and O–H groups in total. The van der Waals surface area contributed by atoms with E-state index in [0.717, 1.165) is 31.1 Å². The van der Waals surface area contributed by atoms with Crippen LogP contribution < -0.4 is 5.72 Å². The molecule has 0 aliphatic heterocycles. The Morgan fingerprint density at radius 2 is 1.32 bits per heavy atom. The molecule has 0 aliphatic rings. The zero-order chi connectivity index (χ0) is 27.4. The molecule has 0 radical (unpaired) electrons. The second-order valence-corrected chi connectivity index (χ2v) is 12.9. The summed E-state index contributed by atoms with van der Waals surface area (Å²) in [6.07, 6.45) is 12.3. The second-order valence-electron chi connectivity index (χ2n) is 10.5. The number of allylic oxidation sites excluding steroid dienone is 1. The fourth-order valence-electron chi connectivity index (χ4n) is 5.17. The van der Waals surface area contributed by atoms with Gasteiger partial charge in [-0.3, -0.25) is 4.98 Å². The predicted octanol–water partition coefficient (Wildman–Crippen LogP) is 6.99. The Bertz CT molecular complexity index is 1470. The van der Waals surface area contributed by atoms with E-state index >= 15 is 0 Å². The minimum absolute atomic E-state index is 0.305. The highest BCUT2D eigenvalue weighted by molar-refractivity contribution is 6.73. The molecule has 0 fully saturated rings. The number of hydrogen-bond acceptors (Lipinski definition) is 1. The Kier molecular flexibility index (Phi) is 9.80. The standard InChI is InChI=1S/C36H37BN2Si/c1-29(15-14-24-34(31-18-8-3-9-19-31)32-20-10-4-11-21-32)40-28-39-26-25-38-36(39)37-35(33-22-12-5-13-23-33)27-30-16-6-2-7-17-30/h2-13,16-27,29,37H,14-15,28,40H2,1H3. The van der Waals surface area contributed by atoms with Crippen molar-refractivity contribution in [3.63, 3.8) is 0 Å². The third-order valence-electron chi connectivity index (χ3n) is 7.48. The van der Waals surface area contributed by atoms with Crippen molar-refractivity contribution in [1.82, 2.24) is 9.55 Å². The predicted molar refractivity (Wildman–Crippen MR) is 177 cm³/mol. The Hall–Kier alpha value is -4.15. The molecule has 0 bridgehead atoms. The van der Waals surface area contributed by atoms with Crippen molar-refractivity contribution >= 4 is 39.6 Å². The van der Waals surface area contributed by atoms with E-state index in [9.17, 15) is 0 Å². The van der Waals surface area contributed by atoms with Crippen LogP contribution in [-0.4, -0.2) is 26.4 Å². The molecule has 2 nitrogen and oxygen atoms in total. The lowest BCUT2D eigenvalue weighted by Gasteiger charge is -2.14. The molecule has 1 unspecified atom stereocenters. The summed E-state index contributed by atoms with van der Waals surface area (Å²) in [6, 6.07) is 42.9. The molecule has 1 heterocycles. The van der Waals surface area contributed by atoms with Gasteiger partial charge in [0.2, 0.25) is 7.28 Å². The Balaban J connectivity index is 1.23. The number of imidazole rings is 1. The lowest BCUT2D eigenvalue weighted by Crippen LogP contribution is -2.29. The van der Waals surface area contributed by atoms with Crippen molar-refractivity contribution in [2.75, 3.05) is 0 Å². The average Bonchev–Trinajstić information content (AvgIpc) is 3.46. The van der Waals surface area contributed by atoms with Gasteiger partial charge in [-0.2, -0.15) is 0 Å². The van der Waals surface area contributed by atoms with E-state index in [0.29, 0.717) is 0 Å². The van der Waals surface area contributed by atoms with E-state index in [1.807, 2.05) is 6.20 Å². The van der Waals surface area contributed by atoms with Gasteiger partial charge < -0.3 is 4.57 Å². The van der Waals surface area contributed by atoms with Crippen LogP contribution in [0, 0.1) is 0 Å². The summed E-state index contributed by atoms with van der Waals surface area (Å²) < 4.78 is 2.40. The van der Waals surface area contributed by atoms with Crippen molar-refractivity contribution in [2.45, 2.75) is 31.5 Å². The summed E-state index contributed by atoms with van der Waals surface area (Å²) in [4.78, 5) is 4.79. The van der Waals surface area contributed by atoms with E-state index in [1.54, 1.807) is 0 Å². The molecule has 0 spiro atoms. The molecule has 0 aliphatic carbocycles. The van der Waals surface area contributed by atoms with Gasteiger partial charge in [-0.05, 0) is 34.2 Å². The van der Waals surface area contributed by atoms with Crippen molar-refractivity contribution in [2.24, 2.45) is 0 Å². The molecule has 1 aromatic heterocycles. The highest BCUT2D eigenvalue weighted by atomic mass is 28.2. The van der Waals surface area contributed by atoms with E-state index in [2.05, 4.69) is 151 Å². The molecule has 0 saturated carbocycles. The van der Waals surface area contributed by atoms with Gasteiger partial charge in [-0.25, -0.2) is 0 Å². The highest BCUT2D eigenvalue weighted by Gasteiger charge is 2.13. The van der Waals surface area contributed by atoms with Crippen LogP contribution in [0.1, 0.15) is 42.0 Å². The van der Waals surface area contributed by atoms with Crippen LogP contribution in [0.5, 0.6) is 0 Å². The zero-order valence-electron chi connectivity index (χ0n) is 23.4. The van der Waals surface area contributed by atoms with Crippen LogP contribution in [0.15, 0.2) is 140 Å². The normalized spacial score (nSPS) is 12.4. The van der Waals surface area contributed by atoms with Crippen molar-refractivity contribution in [1.29, 1.82) is 0 Å². The van der Waals surface area contributed by atoms with Crippen LogP contribution >= 0.6 is 0 Å². The van der Waals surface area contributed by atoms with E-state index in [1.165, 1.54) is 39.7 Å². The Morgan fingerprint density at radius 1 is 0.775 bits per heavy atom. The first-order chi connectivity index (χ1) is 19.8. The molecule has 0 amide bonds. The molecular formula is C36H37BN2Si. The van der Waals surface area contributed by atoms with Crippen LogP contribution in [0.25, 0.3) is 17.1 Å². The van der Waals surface area contributed by atoms with Gasteiger partial charge in [0, 0.05) is 28.1 Å². The molecule has 4 heteroatoms. The van der Waals surface area contributed by atoms with Gasteiger partial charge in [-0.1, -0.05) is 158 Å². The van der Waals surface area contributed by atoms with Gasteiger partial charge >= 0.3 is 0 Å². The topological polar surface area (TPSA) is 17.8 Å². The maximum absolute atomic E-state index is 4.79. The SMILES string of the molecule is CC(CCC=C(c1ccccc1)c1ccccc1)[SiH2]Cn1ccnc1BC(=Cc1ccccc1)c1ccccc1. The molecule has 4 aromatic carbocycles. The van der Waals surface area contributed by atoms with Gasteiger partial charge in [0.05, 0.1) is 5.72 Å². The van der Waals surface area contributed by atoms with Gasteiger partial charge in [0.1, 0.15) is 0 Å². The summed E-state index contributed by atoms with van der Waals surface area (Å²) >= 11 is 0. The molecule has 40 heavy (non-hydrogen) atoms. The minimum Gasteiger partial charge on any atom is -0.346 e. The van der Waals surface area contributed by atoms with E-state index < -0.39 is 0 Å². The summed E-state index contributed by atoms with van der Waals surface area (Å²) in [7, 11) is 0.524. The van der Waals surface area contributed by atoms with Crippen LogP contribution in [0.4, 0.5) is 0 Å². The molecular weight excluding hydrogens is 499 g/mol. The molecule has 5 aromatic rings. The lowest BCUT2D eigenvalue weighted by atomic mass is 9.65. The van der Waals surface area contributed by atoms with Gasteiger partial charge in [-0.15, -0.1) is 0 Å². The minimum atomic E-state index is -0.305. The fourth-order valence-corrected chi connectivity index (χ4v) is 6.82. The van der Waals surface area contributed by atoms with Crippen molar-refractivity contribution in [3.05, 3.63) is 162 Å². The first kappa shape index (κ1) is 27.4. The zero-order valence-corrected chi connectivity index (χ0v) is 24.8. The van der Waals surface area contributed by atoms with Crippen molar-refractivity contribution in [3.8, 4) is 0 Å². The maximum atomic E-state index is 4.79. The molecule has 5 rings (SSSR count). The van der Waals surface area contributed by atoms with Gasteiger partial charge in [0.25, 0.3) is 0 Å². The quantitative estimate of drug-likeness (QED) is 0.124. The summed E-state index contributed by atoms with van der Waals surface area (Å²) in [5, 5.41) is 0. The Labute approximate surface area is 242 Å². The smallest absolute Gasteiger partial charge is 0.239 e. The van der Waals surface area contributed by atoms with Crippen LogP contribution in [0.3, 0.4) is 0 Å². The second kappa shape index (κ2) is 14.3. The largest absolute Gasteiger partial charge is 0.346 e. The first-order valence-electron chi connectivity index (χ1n) is 14.4. The fraction of sp³-hybridized carbons (Fsp3) is 0.139. The molecule has 198 valence electrons. The van der Waals surface area contributed by atoms with E-state index in [4.69, 9.17) is 4.98 Å². The summed E-state index contributed by atoms with van der Waals surface area (Å²) in [5.41, 5.74) is 9.61. The number of aromatic nitrogens is 2. The third kappa shape index (κ3) is 7.71. The first-order valence-corrected chi connectivity index (χ1v) is 16.2. The maximum Gasteiger partial charge on any atom is 0.239 e. The summed E-state index contributed by atoms with van der Waals surface area (Å²) in [6.45, 7) is 2.44. The molecule has 1 atom stereocenters. The van der Waals surface area contributed by atoms with Crippen molar-refractivity contribution < 1.29 is 0 Å². The van der Waals surface area contributed by atoms with Crippen LogP contribution in [0.2, 0.25) is 5.54 Å². The number of nitrogens with zero attached hydrogens (tertiary/aromatic N) is 2. The number of benzene rings is 4. The monoisotopic (exact) mass is 536 g/mol. The van der Waals surface area contributed by atoms with E-state index in [-0.39, 0.29) is 9.52 Å². The number of rotatable bonds is 12. The van der Waals surface area contributed by atoms with Crippen LogP contribution in [-0.2, 0) is 6.17 Å². The number of hydrogen-bond donors (Lipinski definition) is 0. The molecule has 0 saturated heterocycles. The Morgan fingerprint density at radius 3 is 1.93 bits per heavy atom.